The Morgan fingerprint density at radius 1 is 0.356 bits per heavy atom. The van der Waals surface area contributed by atoms with Gasteiger partial charge >= 0.3 is 11.9 Å². The van der Waals surface area contributed by atoms with Crippen LogP contribution in [0.2, 0.25) is 0 Å². The second kappa shape index (κ2) is 39.1. The van der Waals surface area contributed by atoms with Crippen LogP contribution < -0.4 is 0 Å². The number of carbonyl (C=O) groups is 2. The highest BCUT2D eigenvalue weighted by Crippen LogP contribution is 2.16. The Morgan fingerprint density at radius 2 is 0.600 bits per heavy atom. The van der Waals surface area contributed by atoms with Crippen molar-refractivity contribution in [2.75, 3.05) is 6.61 Å². The van der Waals surface area contributed by atoms with Crippen LogP contribution in [0.4, 0.5) is 0 Å². The fourth-order valence-corrected chi connectivity index (χ4v) is 6.46. The standard InChI is InChI=1S/C41H80O4/c1-2-3-4-5-6-25-29-32-35-38-41(44)45-39-36-33-30-27-24-22-20-18-16-14-12-10-8-7-9-11-13-15-17-19-21-23-26-28-31-34-37-40(42)43/h2-39H2,1H3,(H,42,43). The summed E-state index contributed by atoms with van der Waals surface area (Å²) in [6, 6.07) is 0. The molecule has 0 atom stereocenters. The largest absolute Gasteiger partial charge is 0.481 e. The minimum absolute atomic E-state index is 0.0166. The van der Waals surface area contributed by atoms with Crippen molar-refractivity contribution in [2.45, 2.75) is 244 Å². The zero-order valence-electron chi connectivity index (χ0n) is 30.5. The van der Waals surface area contributed by atoms with E-state index in [1.54, 1.807) is 0 Å². The molecule has 0 aromatic heterocycles. The van der Waals surface area contributed by atoms with Crippen LogP contribution in [0, 0.1) is 0 Å². The Morgan fingerprint density at radius 3 is 0.889 bits per heavy atom. The SMILES string of the molecule is CCCCCCCCCCCC(=O)OCCCCCCCCCCCCCCCCCCCCCCCCCCCCC(=O)O. The molecule has 4 nitrogen and oxygen atoms in total. The molecule has 0 bridgehead atoms. The average Bonchev–Trinajstić information content (AvgIpc) is 3.03. The molecule has 1 N–H and O–H groups in total. The van der Waals surface area contributed by atoms with E-state index in [0.29, 0.717) is 19.4 Å². The summed E-state index contributed by atoms with van der Waals surface area (Å²) in [5.41, 5.74) is 0. The molecule has 0 unspecified atom stereocenters. The molecule has 0 radical (unpaired) electrons. The van der Waals surface area contributed by atoms with Gasteiger partial charge in [-0.1, -0.05) is 212 Å². The highest BCUT2D eigenvalue weighted by atomic mass is 16.5. The van der Waals surface area contributed by atoms with Crippen molar-refractivity contribution in [3.05, 3.63) is 0 Å². The van der Waals surface area contributed by atoms with Crippen molar-refractivity contribution in [2.24, 2.45) is 0 Å². The van der Waals surface area contributed by atoms with E-state index in [1.165, 1.54) is 199 Å². The van der Waals surface area contributed by atoms with Crippen molar-refractivity contribution in [3.63, 3.8) is 0 Å². The number of carboxylic acid groups (broad SMARTS) is 1. The van der Waals surface area contributed by atoms with E-state index >= 15 is 0 Å². The van der Waals surface area contributed by atoms with Crippen molar-refractivity contribution < 1.29 is 19.4 Å². The van der Waals surface area contributed by atoms with Gasteiger partial charge in [0.25, 0.3) is 0 Å². The Bertz CT molecular complexity index is 590. The smallest absolute Gasteiger partial charge is 0.305 e. The zero-order chi connectivity index (χ0) is 32.7. The second-order valence-electron chi connectivity index (χ2n) is 14.1. The number of hydrogen-bond donors (Lipinski definition) is 1. The van der Waals surface area contributed by atoms with E-state index in [2.05, 4.69) is 6.92 Å². The number of rotatable bonds is 39. The summed E-state index contributed by atoms with van der Waals surface area (Å²) in [6.07, 6.45) is 47.2. The Hall–Kier alpha value is -1.06. The Labute approximate surface area is 282 Å². The van der Waals surface area contributed by atoms with E-state index in [0.717, 1.165) is 25.7 Å². The molecule has 0 saturated heterocycles. The van der Waals surface area contributed by atoms with Crippen LogP contribution in [0.3, 0.4) is 0 Å². The predicted octanol–water partition coefficient (Wildman–Crippen LogP) is 14.1. The first-order chi connectivity index (χ1) is 22.2. The van der Waals surface area contributed by atoms with Crippen molar-refractivity contribution in [1.29, 1.82) is 0 Å². The molecule has 0 fully saturated rings. The van der Waals surface area contributed by atoms with E-state index < -0.39 is 5.97 Å². The van der Waals surface area contributed by atoms with E-state index in [-0.39, 0.29) is 5.97 Å². The molecule has 0 aromatic carbocycles. The summed E-state index contributed by atoms with van der Waals surface area (Å²) in [7, 11) is 0. The lowest BCUT2D eigenvalue weighted by atomic mass is 10.0. The van der Waals surface area contributed by atoms with Crippen molar-refractivity contribution in [3.8, 4) is 0 Å². The molecule has 4 heteroatoms. The van der Waals surface area contributed by atoms with Gasteiger partial charge < -0.3 is 9.84 Å². The van der Waals surface area contributed by atoms with Gasteiger partial charge in [0.15, 0.2) is 0 Å². The first-order valence-corrected chi connectivity index (χ1v) is 20.5. The summed E-state index contributed by atoms with van der Waals surface area (Å²) in [6.45, 7) is 2.89. The number of carbonyl (C=O) groups excluding carboxylic acids is 1. The zero-order valence-corrected chi connectivity index (χ0v) is 30.5. The number of esters is 1. The fourth-order valence-electron chi connectivity index (χ4n) is 6.46. The van der Waals surface area contributed by atoms with Crippen LogP contribution in [-0.4, -0.2) is 23.7 Å². The molecular formula is C41H80O4. The van der Waals surface area contributed by atoms with Gasteiger partial charge in [-0.2, -0.15) is 0 Å². The summed E-state index contributed by atoms with van der Waals surface area (Å²) in [5.74, 6) is -0.638. The van der Waals surface area contributed by atoms with Gasteiger partial charge in [0.1, 0.15) is 0 Å². The molecule has 0 aliphatic carbocycles. The number of ether oxygens (including phenoxy) is 1. The predicted molar refractivity (Wildman–Crippen MR) is 195 cm³/mol. The van der Waals surface area contributed by atoms with Crippen molar-refractivity contribution >= 4 is 11.9 Å². The molecule has 268 valence electrons. The average molecular weight is 637 g/mol. The highest BCUT2D eigenvalue weighted by Gasteiger charge is 2.03. The Balaban J connectivity index is 3.11. The highest BCUT2D eigenvalue weighted by molar-refractivity contribution is 5.69. The molecular weight excluding hydrogens is 556 g/mol. The van der Waals surface area contributed by atoms with E-state index in [4.69, 9.17) is 9.84 Å². The molecule has 0 heterocycles. The van der Waals surface area contributed by atoms with Crippen LogP contribution in [0.15, 0.2) is 0 Å². The molecule has 0 aromatic rings. The van der Waals surface area contributed by atoms with Crippen LogP contribution in [-0.2, 0) is 14.3 Å². The van der Waals surface area contributed by atoms with E-state index in [1.807, 2.05) is 0 Å². The van der Waals surface area contributed by atoms with Crippen LogP contribution in [0.5, 0.6) is 0 Å². The van der Waals surface area contributed by atoms with Gasteiger partial charge in [0, 0.05) is 12.8 Å². The van der Waals surface area contributed by atoms with Crippen LogP contribution >= 0.6 is 0 Å². The van der Waals surface area contributed by atoms with Crippen LogP contribution in [0.25, 0.3) is 0 Å². The lowest BCUT2D eigenvalue weighted by Crippen LogP contribution is -2.05. The molecule has 0 saturated carbocycles. The van der Waals surface area contributed by atoms with Gasteiger partial charge in [-0.05, 0) is 19.3 Å². The maximum absolute atomic E-state index is 11.9. The molecule has 0 aliphatic rings. The third kappa shape index (κ3) is 40.9. The van der Waals surface area contributed by atoms with E-state index in [9.17, 15) is 9.59 Å². The number of aliphatic carboxylic acids is 1. The minimum atomic E-state index is -0.654. The van der Waals surface area contributed by atoms with Gasteiger partial charge in [0.2, 0.25) is 0 Å². The first-order valence-electron chi connectivity index (χ1n) is 20.5. The summed E-state index contributed by atoms with van der Waals surface area (Å²) >= 11 is 0. The van der Waals surface area contributed by atoms with Gasteiger partial charge in [0.05, 0.1) is 6.61 Å². The topological polar surface area (TPSA) is 63.6 Å². The monoisotopic (exact) mass is 637 g/mol. The summed E-state index contributed by atoms with van der Waals surface area (Å²) < 4.78 is 5.43. The number of unbranched alkanes of at least 4 members (excludes halogenated alkanes) is 33. The summed E-state index contributed by atoms with van der Waals surface area (Å²) in [4.78, 5) is 22.4. The molecule has 0 spiro atoms. The fraction of sp³-hybridized carbons (Fsp3) is 0.951. The normalized spacial score (nSPS) is 11.3. The van der Waals surface area contributed by atoms with Crippen molar-refractivity contribution in [1.82, 2.24) is 0 Å². The maximum Gasteiger partial charge on any atom is 0.305 e. The molecule has 0 amide bonds. The third-order valence-corrected chi connectivity index (χ3v) is 9.53. The maximum atomic E-state index is 11.9. The minimum Gasteiger partial charge on any atom is -0.481 e. The van der Waals surface area contributed by atoms with Gasteiger partial charge in [-0.3, -0.25) is 9.59 Å². The summed E-state index contributed by atoms with van der Waals surface area (Å²) in [5, 5.41) is 8.64. The lowest BCUT2D eigenvalue weighted by Gasteiger charge is -2.06. The van der Waals surface area contributed by atoms with Crippen LogP contribution in [0.1, 0.15) is 244 Å². The van der Waals surface area contributed by atoms with Gasteiger partial charge in [-0.15, -0.1) is 0 Å². The second-order valence-corrected chi connectivity index (χ2v) is 14.1. The quantitative estimate of drug-likeness (QED) is 0.0538. The number of hydrogen-bond acceptors (Lipinski definition) is 3. The molecule has 45 heavy (non-hydrogen) atoms. The Kier molecular flexibility index (Phi) is 38.2. The molecule has 0 rings (SSSR count). The van der Waals surface area contributed by atoms with Gasteiger partial charge in [-0.25, -0.2) is 0 Å². The lowest BCUT2D eigenvalue weighted by molar-refractivity contribution is -0.144. The molecule has 0 aliphatic heterocycles. The number of carboxylic acids is 1. The first kappa shape index (κ1) is 43.9. The third-order valence-electron chi connectivity index (χ3n) is 9.53.